The largest absolute Gasteiger partial charge is 0.416 e. The fourth-order valence-corrected chi connectivity index (χ4v) is 3.57. The number of amides is 1. The molecule has 24 heavy (non-hydrogen) atoms. The molecule has 2 fully saturated rings. The van der Waals surface area contributed by atoms with Crippen molar-refractivity contribution in [2.45, 2.75) is 25.4 Å². The number of benzene rings is 1. The standard InChI is InChI=1S/C17H21F3N2O.ClH/c18-17(19,20)15-3-1-12(2-4-15)9-16(23)22-7-5-13-10-21-11-14(13)6-8-22;/h1-4,13-14,21H,5-11H2;1H/t13-,14+;. The normalized spacial score (nSPS) is 24.0. The van der Waals surface area contributed by atoms with E-state index in [4.69, 9.17) is 0 Å². The van der Waals surface area contributed by atoms with Crippen LogP contribution in [-0.2, 0) is 17.4 Å². The number of hydrogen-bond donors (Lipinski definition) is 1. The molecule has 0 spiro atoms. The first kappa shape index (κ1) is 19.1. The monoisotopic (exact) mass is 362 g/mol. The molecule has 0 aromatic heterocycles. The number of carbonyl (C=O) groups excluding carboxylic acids is 1. The van der Waals surface area contributed by atoms with E-state index in [1.165, 1.54) is 12.1 Å². The average molecular weight is 363 g/mol. The Kier molecular flexibility index (Phi) is 6.15. The summed E-state index contributed by atoms with van der Waals surface area (Å²) in [4.78, 5) is 14.3. The lowest BCUT2D eigenvalue weighted by molar-refractivity contribution is -0.137. The predicted molar refractivity (Wildman–Crippen MR) is 88.1 cm³/mol. The minimum absolute atomic E-state index is 0. The summed E-state index contributed by atoms with van der Waals surface area (Å²) in [6, 6.07) is 4.89. The number of halogens is 4. The highest BCUT2D eigenvalue weighted by Gasteiger charge is 2.32. The number of alkyl halides is 3. The zero-order valence-corrected chi connectivity index (χ0v) is 14.1. The topological polar surface area (TPSA) is 32.3 Å². The van der Waals surface area contributed by atoms with Crippen molar-refractivity contribution in [3.8, 4) is 0 Å². The van der Waals surface area contributed by atoms with Gasteiger partial charge in [0.05, 0.1) is 12.0 Å². The molecule has 134 valence electrons. The SMILES string of the molecule is Cl.O=C(Cc1ccc(C(F)(F)F)cc1)N1CC[C@@H]2CNC[C@@H]2CC1. The zero-order valence-electron chi connectivity index (χ0n) is 13.3. The van der Waals surface area contributed by atoms with Crippen molar-refractivity contribution in [3.05, 3.63) is 35.4 Å². The van der Waals surface area contributed by atoms with Crippen LogP contribution in [0.2, 0.25) is 0 Å². The van der Waals surface area contributed by atoms with Crippen molar-refractivity contribution >= 4 is 18.3 Å². The predicted octanol–water partition coefficient (Wildman–Crippen LogP) is 3.13. The van der Waals surface area contributed by atoms with Crippen molar-refractivity contribution in [2.75, 3.05) is 26.2 Å². The van der Waals surface area contributed by atoms with Crippen LogP contribution >= 0.6 is 12.4 Å². The Morgan fingerprint density at radius 1 is 1.08 bits per heavy atom. The van der Waals surface area contributed by atoms with E-state index in [9.17, 15) is 18.0 Å². The van der Waals surface area contributed by atoms with Crippen molar-refractivity contribution < 1.29 is 18.0 Å². The molecular formula is C17H22ClF3N2O. The Labute approximate surface area is 146 Å². The Bertz CT molecular complexity index is 548. The van der Waals surface area contributed by atoms with E-state index in [2.05, 4.69) is 5.32 Å². The summed E-state index contributed by atoms with van der Waals surface area (Å²) >= 11 is 0. The summed E-state index contributed by atoms with van der Waals surface area (Å²) in [5, 5.41) is 3.40. The van der Waals surface area contributed by atoms with Crippen LogP contribution in [-0.4, -0.2) is 37.0 Å². The maximum Gasteiger partial charge on any atom is 0.416 e. The smallest absolute Gasteiger partial charge is 0.342 e. The van der Waals surface area contributed by atoms with Gasteiger partial charge in [0.2, 0.25) is 5.91 Å². The first-order valence-electron chi connectivity index (χ1n) is 8.08. The molecule has 2 heterocycles. The van der Waals surface area contributed by atoms with Crippen LogP contribution in [0, 0.1) is 11.8 Å². The van der Waals surface area contributed by atoms with E-state index >= 15 is 0 Å². The maximum atomic E-state index is 12.6. The first-order valence-corrected chi connectivity index (χ1v) is 8.08. The number of nitrogens with zero attached hydrogens (tertiary/aromatic N) is 1. The Morgan fingerprint density at radius 2 is 1.62 bits per heavy atom. The molecule has 2 saturated heterocycles. The molecule has 0 radical (unpaired) electrons. The second-order valence-corrected chi connectivity index (χ2v) is 6.51. The number of likely N-dealkylation sites (tertiary alicyclic amines) is 1. The highest BCUT2D eigenvalue weighted by atomic mass is 35.5. The average Bonchev–Trinajstić information content (AvgIpc) is 2.85. The second-order valence-electron chi connectivity index (χ2n) is 6.51. The van der Waals surface area contributed by atoms with Gasteiger partial charge in [-0.25, -0.2) is 0 Å². The molecule has 0 bridgehead atoms. The third-order valence-electron chi connectivity index (χ3n) is 5.01. The Morgan fingerprint density at radius 3 is 2.12 bits per heavy atom. The van der Waals surface area contributed by atoms with Crippen LogP contribution in [0.5, 0.6) is 0 Å². The summed E-state index contributed by atoms with van der Waals surface area (Å²) in [6.45, 7) is 3.57. The van der Waals surface area contributed by atoms with Gasteiger partial charge in [0.1, 0.15) is 0 Å². The van der Waals surface area contributed by atoms with Crippen LogP contribution in [0.25, 0.3) is 0 Å². The van der Waals surface area contributed by atoms with Crippen LogP contribution in [0.15, 0.2) is 24.3 Å². The van der Waals surface area contributed by atoms with Gasteiger partial charge in [-0.05, 0) is 55.5 Å². The highest BCUT2D eigenvalue weighted by molar-refractivity contribution is 5.85. The molecule has 2 atom stereocenters. The summed E-state index contributed by atoms with van der Waals surface area (Å²) in [5.41, 5.74) is -0.0436. The number of fused-ring (bicyclic) bond motifs is 1. The lowest BCUT2D eigenvalue weighted by atomic mass is 9.92. The molecule has 1 aromatic carbocycles. The first-order chi connectivity index (χ1) is 10.9. The Balaban J connectivity index is 0.00000208. The fourth-order valence-electron chi connectivity index (χ4n) is 3.57. The van der Waals surface area contributed by atoms with E-state index in [-0.39, 0.29) is 24.7 Å². The van der Waals surface area contributed by atoms with Gasteiger partial charge in [-0.1, -0.05) is 12.1 Å². The van der Waals surface area contributed by atoms with E-state index < -0.39 is 11.7 Å². The van der Waals surface area contributed by atoms with Gasteiger partial charge in [-0.2, -0.15) is 13.2 Å². The van der Waals surface area contributed by atoms with Crippen molar-refractivity contribution in [3.63, 3.8) is 0 Å². The zero-order chi connectivity index (χ0) is 16.4. The van der Waals surface area contributed by atoms with Crippen molar-refractivity contribution in [2.24, 2.45) is 11.8 Å². The lowest BCUT2D eigenvalue weighted by Gasteiger charge is -2.21. The molecule has 1 N–H and O–H groups in total. The molecule has 3 rings (SSSR count). The van der Waals surface area contributed by atoms with Gasteiger partial charge >= 0.3 is 6.18 Å². The molecule has 1 amide bonds. The molecule has 2 aliphatic heterocycles. The Hall–Kier alpha value is -1.27. The van der Waals surface area contributed by atoms with Gasteiger partial charge in [0.25, 0.3) is 0 Å². The number of carbonyl (C=O) groups is 1. The number of nitrogens with one attached hydrogen (secondary N) is 1. The van der Waals surface area contributed by atoms with E-state index in [0.29, 0.717) is 17.4 Å². The molecule has 0 unspecified atom stereocenters. The molecule has 7 heteroatoms. The van der Waals surface area contributed by atoms with Crippen LogP contribution in [0.1, 0.15) is 24.0 Å². The van der Waals surface area contributed by atoms with Gasteiger partial charge in [-0.15, -0.1) is 12.4 Å². The van der Waals surface area contributed by atoms with E-state index in [0.717, 1.165) is 51.2 Å². The molecule has 2 aliphatic rings. The molecule has 1 aromatic rings. The van der Waals surface area contributed by atoms with Gasteiger partial charge < -0.3 is 10.2 Å². The van der Waals surface area contributed by atoms with E-state index in [1.54, 1.807) is 0 Å². The lowest BCUT2D eigenvalue weighted by Crippen LogP contribution is -2.33. The minimum Gasteiger partial charge on any atom is -0.342 e. The number of hydrogen-bond acceptors (Lipinski definition) is 2. The number of rotatable bonds is 2. The molecule has 3 nitrogen and oxygen atoms in total. The molecule has 0 saturated carbocycles. The summed E-state index contributed by atoms with van der Waals surface area (Å²) in [6.07, 6.45) is -2.14. The fraction of sp³-hybridized carbons (Fsp3) is 0.588. The van der Waals surface area contributed by atoms with Gasteiger partial charge in [-0.3, -0.25) is 4.79 Å². The molecular weight excluding hydrogens is 341 g/mol. The minimum atomic E-state index is -4.33. The third-order valence-corrected chi connectivity index (χ3v) is 5.01. The summed E-state index contributed by atoms with van der Waals surface area (Å²) in [5.74, 6) is 1.32. The van der Waals surface area contributed by atoms with Crippen LogP contribution in [0.4, 0.5) is 13.2 Å². The van der Waals surface area contributed by atoms with Gasteiger partial charge in [0, 0.05) is 13.1 Å². The van der Waals surface area contributed by atoms with Gasteiger partial charge in [0.15, 0.2) is 0 Å². The highest BCUT2D eigenvalue weighted by Crippen LogP contribution is 2.30. The van der Waals surface area contributed by atoms with Crippen LogP contribution in [0.3, 0.4) is 0 Å². The summed E-state index contributed by atoms with van der Waals surface area (Å²) < 4.78 is 37.7. The maximum absolute atomic E-state index is 12.6. The summed E-state index contributed by atoms with van der Waals surface area (Å²) in [7, 11) is 0. The third kappa shape index (κ3) is 4.42. The second kappa shape index (κ2) is 7.74. The molecule has 0 aliphatic carbocycles. The quantitative estimate of drug-likeness (QED) is 0.876. The van der Waals surface area contributed by atoms with Crippen molar-refractivity contribution in [1.82, 2.24) is 10.2 Å². The van der Waals surface area contributed by atoms with Crippen LogP contribution < -0.4 is 5.32 Å². The van der Waals surface area contributed by atoms with Crippen molar-refractivity contribution in [1.29, 1.82) is 0 Å². The van der Waals surface area contributed by atoms with E-state index in [1.807, 2.05) is 4.90 Å².